The Bertz CT molecular complexity index is 1270. The number of rotatable bonds is 13. The van der Waals surface area contributed by atoms with E-state index in [0.717, 1.165) is 34.2 Å². The van der Waals surface area contributed by atoms with E-state index >= 15 is 0 Å². The van der Waals surface area contributed by atoms with E-state index in [-0.39, 0.29) is 25.5 Å². The molecule has 0 saturated carbocycles. The standard InChI is InChI=1S/C32H37N3O5/c1-3-11-23(18-30(36)34-29(31(37)38)20-35(2)19-22-12-5-4-6-13-22)33-32(39)40-21-28-26-16-9-7-14-24(26)25-15-8-10-17-27(25)28/h4-10,12-17,23,28-29H,3,11,18-21H2,1-2H3,(H,33,39)(H,34,36)(H,37,38). The first-order chi connectivity index (χ1) is 19.4. The molecule has 8 heteroatoms. The van der Waals surface area contributed by atoms with Gasteiger partial charge in [0.15, 0.2) is 0 Å². The van der Waals surface area contributed by atoms with Crippen LogP contribution >= 0.6 is 0 Å². The molecular weight excluding hydrogens is 506 g/mol. The molecule has 3 aromatic rings. The molecule has 0 heterocycles. The van der Waals surface area contributed by atoms with Crippen molar-refractivity contribution in [3.63, 3.8) is 0 Å². The average molecular weight is 544 g/mol. The molecule has 3 N–H and O–H groups in total. The van der Waals surface area contributed by atoms with Crippen LogP contribution in [-0.4, -0.2) is 60.3 Å². The lowest BCUT2D eigenvalue weighted by Crippen LogP contribution is -2.49. The molecule has 1 aliphatic rings. The van der Waals surface area contributed by atoms with E-state index in [2.05, 4.69) is 34.9 Å². The summed E-state index contributed by atoms with van der Waals surface area (Å²) in [7, 11) is 1.81. The van der Waals surface area contributed by atoms with Gasteiger partial charge in [-0.15, -0.1) is 0 Å². The zero-order valence-electron chi connectivity index (χ0n) is 23.0. The molecule has 0 spiro atoms. The second-order valence-corrected chi connectivity index (χ2v) is 10.3. The summed E-state index contributed by atoms with van der Waals surface area (Å²) in [5, 5.41) is 15.1. The van der Waals surface area contributed by atoms with Crippen LogP contribution in [0.25, 0.3) is 11.1 Å². The number of alkyl carbamates (subject to hydrolysis) is 1. The van der Waals surface area contributed by atoms with Crippen molar-refractivity contribution in [3.8, 4) is 11.1 Å². The Balaban J connectivity index is 1.30. The summed E-state index contributed by atoms with van der Waals surface area (Å²) in [6.45, 7) is 2.85. The number of amides is 2. The quantitative estimate of drug-likeness (QED) is 0.286. The van der Waals surface area contributed by atoms with Crippen LogP contribution in [0, 0.1) is 0 Å². The van der Waals surface area contributed by atoms with E-state index in [4.69, 9.17) is 4.74 Å². The first-order valence-corrected chi connectivity index (χ1v) is 13.7. The molecule has 0 fully saturated rings. The Morgan fingerprint density at radius 1 is 0.900 bits per heavy atom. The molecule has 0 bridgehead atoms. The minimum Gasteiger partial charge on any atom is -0.480 e. The third-order valence-corrected chi connectivity index (χ3v) is 7.16. The lowest BCUT2D eigenvalue weighted by molar-refractivity contribution is -0.142. The van der Waals surface area contributed by atoms with Crippen LogP contribution in [0.2, 0.25) is 0 Å². The number of nitrogens with zero attached hydrogens (tertiary/aromatic N) is 1. The molecule has 0 aromatic heterocycles. The molecule has 8 nitrogen and oxygen atoms in total. The van der Waals surface area contributed by atoms with E-state index in [0.29, 0.717) is 13.0 Å². The van der Waals surface area contributed by atoms with Crippen molar-refractivity contribution in [2.75, 3.05) is 20.2 Å². The van der Waals surface area contributed by atoms with Gasteiger partial charge in [-0.1, -0.05) is 92.2 Å². The Kier molecular flexibility index (Phi) is 9.91. The second kappa shape index (κ2) is 13.8. The number of carboxylic acid groups (broad SMARTS) is 1. The van der Waals surface area contributed by atoms with Gasteiger partial charge in [-0.2, -0.15) is 0 Å². The third kappa shape index (κ3) is 7.48. The molecular formula is C32H37N3O5. The highest BCUT2D eigenvalue weighted by molar-refractivity contribution is 5.84. The molecule has 2 atom stereocenters. The van der Waals surface area contributed by atoms with Gasteiger partial charge in [0.1, 0.15) is 12.6 Å². The van der Waals surface area contributed by atoms with Gasteiger partial charge in [-0.05, 0) is 41.3 Å². The van der Waals surface area contributed by atoms with Crippen molar-refractivity contribution in [3.05, 3.63) is 95.6 Å². The molecule has 2 amide bonds. The Morgan fingerprint density at radius 2 is 1.50 bits per heavy atom. The summed E-state index contributed by atoms with van der Waals surface area (Å²) in [6.07, 6.45) is 0.669. The summed E-state index contributed by atoms with van der Waals surface area (Å²) in [5.74, 6) is -1.60. The number of fused-ring (bicyclic) bond motifs is 3. The zero-order valence-corrected chi connectivity index (χ0v) is 23.0. The molecule has 0 radical (unpaired) electrons. The van der Waals surface area contributed by atoms with Gasteiger partial charge in [-0.3, -0.25) is 9.69 Å². The van der Waals surface area contributed by atoms with E-state index in [9.17, 15) is 19.5 Å². The first-order valence-electron chi connectivity index (χ1n) is 13.7. The fourth-order valence-corrected chi connectivity index (χ4v) is 5.31. The minimum absolute atomic E-state index is 0.0375. The smallest absolute Gasteiger partial charge is 0.407 e. The highest BCUT2D eigenvalue weighted by Gasteiger charge is 2.29. The number of likely N-dealkylation sites (N-methyl/N-ethyl adjacent to an activating group) is 1. The number of hydrogen-bond acceptors (Lipinski definition) is 5. The Morgan fingerprint density at radius 3 is 2.10 bits per heavy atom. The number of benzene rings is 3. The summed E-state index contributed by atoms with van der Waals surface area (Å²) in [5.41, 5.74) is 5.59. The maximum Gasteiger partial charge on any atom is 0.407 e. The van der Waals surface area contributed by atoms with Crippen molar-refractivity contribution in [2.24, 2.45) is 0 Å². The SMILES string of the molecule is CCCC(CC(=O)NC(CN(C)Cc1ccccc1)C(=O)O)NC(=O)OCC1c2ccccc2-c2ccccc21. The summed E-state index contributed by atoms with van der Waals surface area (Å²) in [4.78, 5) is 39.3. The topological polar surface area (TPSA) is 108 Å². The summed E-state index contributed by atoms with van der Waals surface area (Å²) in [6, 6.07) is 24.4. The van der Waals surface area contributed by atoms with Crippen molar-refractivity contribution in [1.82, 2.24) is 15.5 Å². The summed E-state index contributed by atoms with van der Waals surface area (Å²) >= 11 is 0. The highest BCUT2D eigenvalue weighted by atomic mass is 16.5. The lowest BCUT2D eigenvalue weighted by Gasteiger charge is -2.24. The molecule has 0 aliphatic heterocycles. The van der Waals surface area contributed by atoms with Crippen LogP contribution < -0.4 is 10.6 Å². The van der Waals surface area contributed by atoms with Gasteiger partial charge in [0, 0.05) is 31.5 Å². The van der Waals surface area contributed by atoms with E-state index < -0.39 is 30.1 Å². The van der Waals surface area contributed by atoms with Crippen LogP contribution in [0.3, 0.4) is 0 Å². The van der Waals surface area contributed by atoms with Crippen LogP contribution in [-0.2, 0) is 20.9 Å². The van der Waals surface area contributed by atoms with Gasteiger partial charge in [0.2, 0.25) is 5.91 Å². The predicted octanol–water partition coefficient (Wildman–Crippen LogP) is 4.79. The van der Waals surface area contributed by atoms with Crippen LogP contribution in [0.5, 0.6) is 0 Å². The van der Waals surface area contributed by atoms with Crippen molar-refractivity contribution >= 4 is 18.0 Å². The maximum atomic E-state index is 12.8. The molecule has 0 saturated heterocycles. The van der Waals surface area contributed by atoms with Gasteiger partial charge in [0.05, 0.1) is 0 Å². The molecule has 40 heavy (non-hydrogen) atoms. The number of carboxylic acids is 1. The molecule has 1 aliphatic carbocycles. The van der Waals surface area contributed by atoms with Crippen molar-refractivity contribution in [1.29, 1.82) is 0 Å². The largest absolute Gasteiger partial charge is 0.480 e. The average Bonchev–Trinajstić information content (AvgIpc) is 3.25. The zero-order chi connectivity index (χ0) is 28.5. The Hall–Kier alpha value is -4.17. The predicted molar refractivity (Wildman–Crippen MR) is 154 cm³/mol. The Labute approximate surface area is 235 Å². The fourth-order valence-electron chi connectivity index (χ4n) is 5.31. The monoisotopic (exact) mass is 543 g/mol. The van der Waals surface area contributed by atoms with Crippen LogP contribution in [0.4, 0.5) is 4.79 Å². The van der Waals surface area contributed by atoms with E-state index in [1.165, 1.54) is 0 Å². The summed E-state index contributed by atoms with van der Waals surface area (Å²) < 4.78 is 5.64. The van der Waals surface area contributed by atoms with Crippen LogP contribution in [0.1, 0.15) is 48.8 Å². The number of carbonyl (C=O) groups is 3. The van der Waals surface area contributed by atoms with Gasteiger partial charge >= 0.3 is 12.1 Å². The van der Waals surface area contributed by atoms with Crippen molar-refractivity contribution < 1.29 is 24.2 Å². The van der Waals surface area contributed by atoms with Gasteiger partial charge in [-0.25, -0.2) is 9.59 Å². The molecule has 210 valence electrons. The van der Waals surface area contributed by atoms with Gasteiger partial charge < -0.3 is 20.5 Å². The number of hydrogen-bond donors (Lipinski definition) is 3. The second-order valence-electron chi connectivity index (χ2n) is 10.3. The lowest BCUT2D eigenvalue weighted by atomic mass is 9.98. The highest BCUT2D eigenvalue weighted by Crippen LogP contribution is 2.44. The molecule has 4 rings (SSSR count). The fraction of sp³-hybridized carbons (Fsp3) is 0.344. The maximum absolute atomic E-state index is 12.8. The number of aliphatic carboxylic acids is 1. The first kappa shape index (κ1) is 28.8. The normalized spacial score (nSPS) is 13.7. The number of carbonyl (C=O) groups excluding carboxylic acids is 2. The molecule has 2 unspecified atom stereocenters. The minimum atomic E-state index is -1.11. The van der Waals surface area contributed by atoms with E-state index in [1.54, 1.807) is 0 Å². The molecule has 3 aromatic carbocycles. The van der Waals surface area contributed by atoms with Crippen molar-refractivity contribution in [2.45, 2.75) is 50.7 Å². The number of ether oxygens (including phenoxy) is 1. The van der Waals surface area contributed by atoms with Crippen LogP contribution in [0.15, 0.2) is 78.9 Å². The van der Waals surface area contributed by atoms with E-state index in [1.807, 2.05) is 73.5 Å². The third-order valence-electron chi connectivity index (χ3n) is 7.16. The number of nitrogens with one attached hydrogen (secondary N) is 2. The van der Waals surface area contributed by atoms with Gasteiger partial charge in [0.25, 0.3) is 0 Å².